The molecule has 0 aromatic carbocycles. The summed E-state index contributed by atoms with van der Waals surface area (Å²) in [5, 5.41) is 30.4. The molecular formula is C27H48O13. The van der Waals surface area contributed by atoms with Crippen LogP contribution in [0.1, 0.15) is 53.4 Å². The van der Waals surface area contributed by atoms with Crippen LogP contribution >= 0.6 is 0 Å². The van der Waals surface area contributed by atoms with Crippen LogP contribution in [0.15, 0.2) is 0 Å². The van der Waals surface area contributed by atoms with E-state index in [2.05, 4.69) is 0 Å². The predicted octanol–water partition coefficient (Wildman–Crippen LogP) is 0.441. The molecule has 4 heterocycles. The number of ether oxygens (including phenoxy) is 10. The molecule has 3 N–H and O–H groups in total. The Balaban J connectivity index is 1.33. The number of hydrogen-bond donors (Lipinski definition) is 3. The molecule has 0 aliphatic carbocycles. The van der Waals surface area contributed by atoms with Crippen LogP contribution in [0, 0.1) is 0 Å². The Kier molecular flexibility index (Phi) is 11.6. The van der Waals surface area contributed by atoms with Crippen LogP contribution in [-0.2, 0) is 47.4 Å². The first-order chi connectivity index (χ1) is 19.0. The molecule has 16 atom stereocenters. The predicted molar refractivity (Wildman–Crippen MR) is 137 cm³/mol. The maximum absolute atomic E-state index is 10.4. The SMILES string of the molecule is CO[C@H]1C[C@H](O[C@H]2[C@@H](OC)C[C@H](O[C@@H]3[C@@H](C)O[C@@H](O[C@H]4[C@@H](O)CC(O)O[C@@H]4C)C[C@H]3OC)O[C@@H]2C)O[C@H](C)[C@H]1O. The summed E-state index contributed by atoms with van der Waals surface area (Å²) in [6.45, 7) is 7.31. The van der Waals surface area contributed by atoms with Gasteiger partial charge in [0.15, 0.2) is 25.2 Å². The molecule has 0 bridgehead atoms. The zero-order chi connectivity index (χ0) is 29.1. The molecule has 0 spiro atoms. The maximum atomic E-state index is 10.4. The minimum atomic E-state index is -1.02. The summed E-state index contributed by atoms with van der Waals surface area (Å²) in [6.07, 6.45) is -7.51. The highest BCUT2D eigenvalue weighted by Crippen LogP contribution is 2.34. The van der Waals surface area contributed by atoms with Crippen LogP contribution < -0.4 is 0 Å². The van der Waals surface area contributed by atoms with Gasteiger partial charge in [-0.15, -0.1) is 0 Å². The van der Waals surface area contributed by atoms with E-state index in [0.717, 1.165) is 0 Å². The molecule has 0 saturated carbocycles. The van der Waals surface area contributed by atoms with Gasteiger partial charge >= 0.3 is 0 Å². The molecular weight excluding hydrogens is 532 g/mol. The number of aliphatic hydroxyl groups is 3. The van der Waals surface area contributed by atoms with Gasteiger partial charge in [0.2, 0.25) is 0 Å². The Labute approximate surface area is 236 Å². The van der Waals surface area contributed by atoms with Crippen LogP contribution in [0.25, 0.3) is 0 Å². The van der Waals surface area contributed by atoms with Crippen molar-refractivity contribution in [2.45, 2.75) is 152 Å². The molecule has 0 aromatic heterocycles. The lowest BCUT2D eigenvalue weighted by molar-refractivity contribution is -0.344. The number of methoxy groups -OCH3 is 3. The Hall–Kier alpha value is -0.520. The van der Waals surface area contributed by atoms with Crippen molar-refractivity contribution >= 4 is 0 Å². The van der Waals surface area contributed by atoms with Crippen molar-refractivity contribution in [3.63, 3.8) is 0 Å². The first-order valence-corrected chi connectivity index (χ1v) is 14.2. The highest BCUT2D eigenvalue weighted by atomic mass is 16.8. The molecule has 0 aromatic rings. The van der Waals surface area contributed by atoms with Crippen molar-refractivity contribution in [3.05, 3.63) is 0 Å². The van der Waals surface area contributed by atoms with Crippen LogP contribution in [0.3, 0.4) is 0 Å². The lowest BCUT2D eigenvalue weighted by atomic mass is 9.99. The van der Waals surface area contributed by atoms with Gasteiger partial charge < -0.3 is 62.7 Å². The van der Waals surface area contributed by atoms with E-state index in [1.54, 1.807) is 35.2 Å². The van der Waals surface area contributed by atoms with Gasteiger partial charge in [-0.05, 0) is 27.7 Å². The third-order valence-corrected chi connectivity index (χ3v) is 8.39. The van der Waals surface area contributed by atoms with Crippen molar-refractivity contribution in [1.29, 1.82) is 0 Å². The summed E-state index contributed by atoms with van der Waals surface area (Å²) in [6, 6.07) is 0. The van der Waals surface area contributed by atoms with E-state index in [9.17, 15) is 15.3 Å². The zero-order valence-electron chi connectivity index (χ0n) is 24.5. The number of hydrogen-bond acceptors (Lipinski definition) is 13. The monoisotopic (exact) mass is 580 g/mol. The van der Waals surface area contributed by atoms with Crippen LogP contribution in [0.4, 0.5) is 0 Å². The summed E-state index contributed by atoms with van der Waals surface area (Å²) in [7, 11) is 4.79. The van der Waals surface area contributed by atoms with Gasteiger partial charge in [0, 0.05) is 47.0 Å². The van der Waals surface area contributed by atoms with Crippen molar-refractivity contribution in [3.8, 4) is 0 Å². The van der Waals surface area contributed by atoms with Crippen molar-refractivity contribution < 1.29 is 62.7 Å². The topological polar surface area (TPSA) is 153 Å². The average Bonchev–Trinajstić information content (AvgIpc) is 2.90. The molecule has 13 heteroatoms. The molecule has 4 aliphatic heterocycles. The van der Waals surface area contributed by atoms with E-state index < -0.39 is 74.0 Å². The molecule has 1 unspecified atom stereocenters. The van der Waals surface area contributed by atoms with E-state index in [-0.39, 0.29) is 30.8 Å². The maximum Gasteiger partial charge on any atom is 0.161 e. The second kappa shape index (κ2) is 14.3. The third kappa shape index (κ3) is 7.51. The quantitative estimate of drug-likeness (QED) is 0.346. The standard InChI is InChI=1S/C27H48O13/c1-12-24(30)17(31-5)9-21(35-12)39-26-15(4)37-23(11-19(26)33-7)40-27-14(3)36-22(10-18(27)32-6)38-25-13(2)34-20(29)8-16(25)28/h12-30H,8-11H2,1-7H3/t12-,13-,14-,15-,16+,17+,18-,19+,20?,21+,22+,23+,24-,25-,26-,27-/m1/s1. The smallest absolute Gasteiger partial charge is 0.161 e. The lowest BCUT2D eigenvalue weighted by Gasteiger charge is -2.46. The van der Waals surface area contributed by atoms with Gasteiger partial charge in [-0.1, -0.05) is 0 Å². The van der Waals surface area contributed by atoms with E-state index in [0.29, 0.717) is 19.3 Å². The highest BCUT2D eigenvalue weighted by molar-refractivity contribution is 4.90. The zero-order valence-corrected chi connectivity index (χ0v) is 24.5. The van der Waals surface area contributed by atoms with Gasteiger partial charge in [0.25, 0.3) is 0 Å². The van der Waals surface area contributed by atoms with Crippen molar-refractivity contribution in [1.82, 2.24) is 0 Å². The molecule has 0 amide bonds. The summed E-state index contributed by atoms with van der Waals surface area (Å²) in [5.41, 5.74) is 0. The molecule has 4 aliphatic rings. The van der Waals surface area contributed by atoms with Gasteiger partial charge in [-0.25, -0.2) is 0 Å². The normalized spacial score (nSPS) is 50.5. The van der Waals surface area contributed by atoms with E-state index in [4.69, 9.17) is 47.4 Å². The lowest BCUT2D eigenvalue weighted by Crippen LogP contribution is -2.57. The molecule has 4 fully saturated rings. The van der Waals surface area contributed by atoms with E-state index >= 15 is 0 Å². The van der Waals surface area contributed by atoms with Crippen LogP contribution in [-0.4, -0.2) is 135 Å². The summed E-state index contributed by atoms with van der Waals surface area (Å²) in [5.74, 6) is 0. The fourth-order valence-electron chi connectivity index (χ4n) is 6.12. The van der Waals surface area contributed by atoms with Crippen molar-refractivity contribution in [2.75, 3.05) is 21.3 Å². The van der Waals surface area contributed by atoms with Gasteiger partial charge in [-0.2, -0.15) is 0 Å². The Morgan fingerprint density at radius 3 is 1.35 bits per heavy atom. The van der Waals surface area contributed by atoms with Crippen LogP contribution in [0.2, 0.25) is 0 Å². The summed E-state index contributed by atoms with van der Waals surface area (Å²) < 4.78 is 59.3. The van der Waals surface area contributed by atoms with Gasteiger partial charge in [-0.3, -0.25) is 0 Å². The summed E-state index contributed by atoms with van der Waals surface area (Å²) >= 11 is 0. The Morgan fingerprint density at radius 2 is 0.900 bits per heavy atom. The fraction of sp³-hybridized carbons (Fsp3) is 1.00. The minimum Gasteiger partial charge on any atom is -0.390 e. The molecule has 4 rings (SSSR count). The highest BCUT2D eigenvalue weighted by Gasteiger charge is 2.47. The molecule has 13 nitrogen and oxygen atoms in total. The summed E-state index contributed by atoms with van der Waals surface area (Å²) in [4.78, 5) is 0. The van der Waals surface area contributed by atoms with Gasteiger partial charge in [0.1, 0.15) is 24.4 Å². The van der Waals surface area contributed by atoms with E-state index in [1.165, 1.54) is 0 Å². The first-order valence-electron chi connectivity index (χ1n) is 14.2. The second-order valence-electron chi connectivity index (χ2n) is 11.2. The largest absolute Gasteiger partial charge is 0.390 e. The first kappa shape index (κ1) is 32.4. The molecule has 40 heavy (non-hydrogen) atoms. The Bertz CT molecular complexity index is 763. The third-order valence-electron chi connectivity index (χ3n) is 8.39. The molecule has 0 radical (unpaired) electrons. The number of rotatable bonds is 9. The molecule has 4 saturated heterocycles. The Morgan fingerprint density at radius 1 is 0.500 bits per heavy atom. The average molecular weight is 581 g/mol. The van der Waals surface area contributed by atoms with Crippen molar-refractivity contribution in [2.24, 2.45) is 0 Å². The fourth-order valence-corrected chi connectivity index (χ4v) is 6.12. The van der Waals surface area contributed by atoms with Crippen LogP contribution in [0.5, 0.6) is 0 Å². The van der Waals surface area contributed by atoms with Gasteiger partial charge in [0.05, 0.1) is 48.8 Å². The minimum absolute atomic E-state index is 0.0696. The number of aliphatic hydroxyl groups excluding tert-OH is 3. The second-order valence-corrected chi connectivity index (χ2v) is 11.2. The van der Waals surface area contributed by atoms with E-state index in [1.807, 2.05) is 13.8 Å². The molecule has 234 valence electrons.